The third kappa shape index (κ3) is 2.36. The van der Waals surface area contributed by atoms with Crippen LogP contribution in [0.3, 0.4) is 0 Å². The van der Waals surface area contributed by atoms with E-state index in [2.05, 4.69) is 0 Å². The van der Waals surface area contributed by atoms with Crippen LogP contribution in [0.25, 0.3) is 0 Å². The van der Waals surface area contributed by atoms with Crippen molar-refractivity contribution in [3.05, 3.63) is 35.4 Å². The second-order valence-electron chi connectivity index (χ2n) is 4.46. The Morgan fingerprint density at radius 2 is 1.67 bits per heavy atom. The van der Waals surface area contributed by atoms with Crippen molar-refractivity contribution >= 4 is 0 Å². The Balaban J connectivity index is 3.06. The van der Waals surface area contributed by atoms with E-state index in [1.807, 2.05) is 0 Å². The number of hydrogen-bond donors (Lipinski definition) is 2. The van der Waals surface area contributed by atoms with Crippen LogP contribution in [0.2, 0.25) is 0 Å². The van der Waals surface area contributed by atoms with Gasteiger partial charge in [0.25, 0.3) is 0 Å². The monoisotopic (exact) mass is 211 g/mol. The topological polar surface area (TPSA) is 46.2 Å². The van der Waals surface area contributed by atoms with Crippen LogP contribution >= 0.6 is 0 Å². The molecule has 0 fully saturated rings. The molecule has 1 atom stereocenters. The van der Waals surface area contributed by atoms with Crippen LogP contribution in [0.1, 0.15) is 31.9 Å². The van der Waals surface area contributed by atoms with Gasteiger partial charge < -0.3 is 10.8 Å². The second kappa shape index (κ2) is 3.91. The molecule has 1 aromatic carbocycles. The maximum absolute atomic E-state index is 14.3. The van der Waals surface area contributed by atoms with Gasteiger partial charge in [-0.15, -0.1) is 0 Å². The van der Waals surface area contributed by atoms with Crippen molar-refractivity contribution in [2.45, 2.75) is 38.6 Å². The van der Waals surface area contributed by atoms with Gasteiger partial charge in [-0.05, 0) is 31.9 Å². The van der Waals surface area contributed by atoms with Crippen LogP contribution < -0.4 is 5.73 Å². The van der Waals surface area contributed by atoms with Crippen LogP contribution in [0.4, 0.5) is 4.39 Å². The Labute approximate surface area is 89.9 Å². The maximum Gasteiger partial charge on any atom is 0.161 e. The van der Waals surface area contributed by atoms with E-state index < -0.39 is 11.3 Å². The van der Waals surface area contributed by atoms with Crippen LogP contribution in [-0.4, -0.2) is 10.7 Å². The molecular formula is C12H18FNO. The van der Waals surface area contributed by atoms with Gasteiger partial charge in [-0.3, -0.25) is 0 Å². The lowest BCUT2D eigenvalue weighted by molar-refractivity contribution is -0.0715. The summed E-state index contributed by atoms with van der Waals surface area (Å²) in [5.41, 5.74) is 3.70. The summed E-state index contributed by atoms with van der Waals surface area (Å²) >= 11 is 0. The highest BCUT2D eigenvalue weighted by Crippen LogP contribution is 2.36. The van der Waals surface area contributed by atoms with Gasteiger partial charge in [0.15, 0.2) is 5.67 Å². The van der Waals surface area contributed by atoms with Gasteiger partial charge >= 0.3 is 0 Å². The molecule has 0 aliphatic rings. The molecule has 3 heteroatoms. The Kier molecular flexibility index (Phi) is 3.16. The minimum atomic E-state index is -1.76. The van der Waals surface area contributed by atoms with Crippen LogP contribution in [0.5, 0.6) is 0 Å². The van der Waals surface area contributed by atoms with Crippen molar-refractivity contribution in [3.8, 4) is 0 Å². The molecule has 1 rings (SSSR count). The molecule has 1 aromatic rings. The summed E-state index contributed by atoms with van der Waals surface area (Å²) in [5, 5.41) is 9.73. The quantitative estimate of drug-likeness (QED) is 0.804. The number of aliphatic hydroxyl groups is 1. The summed E-state index contributed by atoms with van der Waals surface area (Å²) < 4.78 is 14.3. The first-order valence-electron chi connectivity index (χ1n) is 5.00. The van der Waals surface area contributed by atoms with Crippen LogP contribution in [-0.2, 0) is 12.2 Å². The van der Waals surface area contributed by atoms with E-state index in [1.165, 1.54) is 20.8 Å². The first-order chi connectivity index (χ1) is 6.79. The van der Waals surface area contributed by atoms with E-state index in [4.69, 9.17) is 5.73 Å². The summed E-state index contributed by atoms with van der Waals surface area (Å²) in [6.45, 7) is 4.74. The first-order valence-corrected chi connectivity index (χ1v) is 5.00. The molecule has 0 heterocycles. The van der Waals surface area contributed by atoms with Crippen molar-refractivity contribution in [1.82, 2.24) is 0 Å². The number of halogens is 1. The summed E-state index contributed by atoms with van der Waals surface area (Å²) in [5.74, 6) is 0. The van der Waals surface area contributed by atoms with E-state index >= 15 is 0 Å². The lowest BCUT2D eigenvalue weighted by Gasteiger charge is -2.33. The Morgan fingerprint density at radius 1 is 1.20 bits per heavy atom. The molecule has 84 valence electrons. The lowest BCUT2D eigenvalue weighted by atomic mass is 9.83. The van der Waals surface area contributed by atoms with Gasteiger partial charge in [-0.2, -0.15) is 0 Å². The Hall–Kier alpha value is -0.930. The van der Waals surface area contributed by atoms with Gasteiger partial charge in [0.1, 0.15) is 0 Å². The normalized spacial score (nSPS) is 16.1. The number of rotatable bonds is 3. The van der Waals surface area contributed by atoms with E-state index in [0.717, 1.165) is 5.56 Å². The second-order valence-corrected chi connectivity index (χ2v) is 4.46. The fraction of sp³-hybridized carbons (Fsp3) is 0.500. The fourth-order valence-corrected chi connectivity index (χ4v) is 1.31. The van der Waals surface area contributed by atoms with E-state index in [1.54, 1.807) is 24.3 Å². The number of benzene rings is 1. The summed E-state index contributed by atoms with van der Waals surface area (Å²) in [4.78, 5) is 0. The van der Waals surface area contributed by atoms with Crippen molar-refractivity contribution in [1.29, 1.82) is 0 Å². The summed E-state index contributed by atoms with van der Waals surface area (Å²) in [6, 6.07) is 6.89. The average molecular weight is 211 g/mol. The number of hydrogen-bond acceptors (Lipinski definition) is 2. The molecular weight excluding hydrogens is 193 g/mol. The molecule has 0 saturated heterocycles. The molecule has 0 saturated carbocycles. The van der Waals surface area contributed by atoms with Crippen LogP contribution in [0, 0.1) is 0 Å². The Morgan fingerprint density at radius 3 is 2.00 bits per heavy atom. The van der Waals surface area contributed by atoms with Gasteiger partial charge in [0.2, 0.25) is 0 Å². The molecule has 3 N–H and O–H groups in total. The minimum absolute atomic E-state index is 0.436. The smallest absolute Gasteiger partial charge is 0.161 e. The lowest BCUT2D eigenvalue weighted by Crippen LogP contribution is -2.41. The predicted octanol–water partition coefficient (Wildman–Crippen LogP) is 2.10. The largest absolute Gasteiger partial charge is 0.387 e. The SMILES string of the molecule is CC(C)(O)C(C)(F)c1ccc(CN)cc1. The van der Waals surface area contributed by atoms with Gasteiger partial charge in [-0.25, -0.2) is 4.39 Å². The third-order valence-corrected chi connectivity index (χ3v) is 2.88. The summed E-state index contributed by atoms with van der Waals surface area (Å²) in [6.07, 6.45) is 0. The highest BCUT2D eigenvalue weighted by atomic mass is 19.1. The van der Waals surface area contributed by atoms with Gasteiger partial charge in [0, 0.05) is 6.54 Å². The zero-order valence-electron chi connectivity index (χ0n) is 9.42. The zero-order chi connectivity index (χ0) is 11.7. The third-order valence-electron chi connectivity index (χ3n) is 2.88. The first kappa shape index (κ1) is 12.1. The molecule has 2 nitrogen and oxygen atoms in total. The Bertz CT molecular complexity index is 324. The van der Waals surface area contributed by atoms with E-state index in [0.29, 0.717) is 12.1 Å². The zero-order valence-corrected chi connectivity index (χ0v) is 9.42. The number of nitrogens with two attached hydrogens (primary N) is 1. The number of alkyl halides is 1. The minimum Gasteiger partial charge on any atom is -0.387 e. The molecule has 0 aliphatic carbocycles. The average Bonchev–Trinajstić information content (AvgIpc) is 2.16. The molecule has 0 amide bonds. The molecule has 0 radical (unpaired) electrons. The van der Waals surface area contributed by atoms with Crippen molar-refractivity contribution < 1.29 is 9.50 Å². The molecule has 0 bridgehead atoms. The van der Waals surface area contributed by atoms with E-state index in [-0.39, 0.29) is 0 Å². The van der Waals surface area contributed by atoms with Gasteiger partial charge in [-0.1, -0.05) is 24.3 Å². The predicted molar refractivity (Wildman–Crippen MR) is 59.1 cm³/mol. The fourth-order valence-electron chi connectivity index (χ4n) is 1.31. The van der Waals surface area contributed by atoms with Gasteiger partial charge in [0.05, 0.1) is 5.60 Å². The molecule has 15 heavy (non-hydrogen) atoms. The molecule has 0 aliphatic heterocycles. The standard InChI is InChI=1S/C12H18FNO/c1-11(2,15)12(3,13)10-6-4-9(8-14)5-7-10/h4-7,15H,8,14H2,1-3H3. The maximum atomic E-state index is 14.3. The van der Waals surface area contributed by atoms with Crippen molar-refractivity contribution in [2.24, 2.45) is 5.73 Å². The highest BCUT2D eigenvalue weighted by molar-refractivity contribution is 5.28. The molecule has 0 aromatic heterocycles. The van der Waals surface area contributed by atoms with Crippen molar-refractivity contribution in [3.63, 3.8) is 0 Å². The van der Waals surface area contributed by atoms with Crippen LogP contribution in [0.15, 0.2) is 24.3 Å². The van der Waals surface area contributed by atoms with E-state index in [9.17, 15) is 9.50 Å². The summed E-state index contributed by atoms with van der Waals surface area (Å²) in [7, 11) is 0. The molecule has 0 spiro atoms. The van der Waals surface area contributed by atoms with Crippen molar-refractivity contribution in [2.75, 3.05) is 0 Å². The highest BCUT2D eigenvalue weighted by Gasteiger charge is 2.41. The molecule has 1 unspecified atom stereocenters.